The third-order valence-electron chi connectivity index (χ3n) is 4.45. The largest absolute Gasteiger partial charge is 0.451 e. The number of hydrogen-bond donors (Lipinski definition) is 1. The lowest BCUT2D eigenvalue weighted by Gasteiger charge is -2.01. The molecular formula is C21H17ClN2O2S. The highest BCUT2D eigenvalue weighted by Gasteiger charge is 2.18. The van der Waals surface area contributed by atoms with Crippen LogP contribution in [0, 0.1) is 13.8 Å². The van der Waals surface area contributed by atoms with Gasteiger partial charge in [-0.15, -0.1) is 11.3 Å². The first-order chi connectivity index (χ1) is 13.0. The molecule has 0 saturated carbocycles. The minimum absolute atomic E-state index is 0.256. The average molecular weight is 397 g/mol. The van der Waals surface area contributed by atoms with Gasteiger partial charge in [-0.2, -0.15) is 0 Å². The van der Waals surface area contributed by atoms with Crippen molar-refractivity contribution in [2.24, 2.45) is 0 Å². The average Bonchev–Trinajstić information content (AvgIpc) is 3.27. The van der Waals surface area contributed by atoms with Gasteiger partial charge in [0.2, 0.25) is 0 Å². The minimum atomic E-state index is -0.256. The summed E-state index contributed by atoms with van der Waals surface area (Å²) < 4.78 is 5.77. The van der Waals surface area contributed by atoms with Gasteiger partial charge in [0, 0.05) is 26.9 Å². The topological polar surface area (TPSA) is 55.1 Å². The number of fused-ring (bicyclic) bond motifs is 1. The Bertz CT molecular complexity index is 1130. The molecular weight excluding hydrogens is 380 g/mol. The van der Waals surface area contributed by atoms with Gasteiger partial charge >= 0.3 is 0 Å². The number of carbonyl (C=O) groups excluding carboxylic acids is 1. The second-order valence-electron chi connectivity index (χ2n) is 6.33. The van der Waals surface area contributed by atoms with Crippen molar-refractivity contribution in [2.75, 3.05) is 0 Å². The van der Waals surface area contributed by atoms with E-state index in [1.54, 1.807) is 0 Å². The standard InChI is InChI=1S/C21H17ClN2O2S/c1-12-8-18-15(9-16(12)22)13(2)20(26-18)21(25)23-10-19-24-17(11-27-19)14-6-4-3-5-7-14/h3-9,11H,10H2,1-2H3,(H,23,25). The number of hydrogen-bond acceptors (Lipinski definition) is 4. The number of amides is 1. The van der Waals surface area contributed by atoms with Gasteiger partial charge in [0.05, 0.1) is 12.2 Å². The highest BCUT2D eigenvalue weighted by molar-refractivity contribution is 7.09. The zero-order chi connectivity index (χ0) is 19.0. The summed E-state index contributed by atoms with van der Waals surface area (Å²) in [6, 6.07) is 13.7. The summed E-state index contributed by atoms with van der Waals surface area (Å²) in [6.07, 6.45) is 0. The van der Waals surface area contributed by atoms with E-state index in [-0.39, 0.29) is 5.91 Å². The van der Waals surface area contributed by atoms with Crippen molar-refractivity contribution in [3.8, 4) is 11.3 Å². The van der Waals surface area contributed by atoms with Gasteiger partial charge in [-0.05, 0) is 31.5 Å². The Balaban J connectivity index is 1.51. The first kappa shape index (κ1) is 17.8. The number of thiazole rings is 1. The molecule has 6 heteroatoms. The second kappa shape index (κ2) is 7.18. The molecule has 2 aromatic heterocycles. The zero-order valence-corrected chi connectivity index (χ0v) is 16.4. The molecule has 27 heavy (non-hydrogen) atoms. The van der Waals surface area contributed by atoms with Gasteiger partial charge in [0.25, 0.3) is 5.91 Å². The lowest BCUT2D eigenvalue weighted by molar-refractivity contribution is 0.0924. The van der Waals surface area contributed by atoms with Gasteiger partial charge in [-0.1, -0.05) is 41.9 Å². The molecule has 2 aromatic carbocycles. The summed E-state index contributed by atoms with van der Waals surface area (Å²) in [6.45, 7) is 4.13. The highest BCUT2D eigenvalue weighted by Crippen LogP contribution is 2.30. The van der Waals surface area contributed by atoms with E-state index in [2.05, 4.69) is 10.3 Å². The molecule has 136 valence electrons. The van der Waals surface area contributed by atoms with Crippen LogP contribution in [0.5, 0.6) is 0 Å². The molecule has 0 aliphatic rings. The van der Waals surface area contributed by atoms with Gasteiger partial charge in [-0.25, -0.2) is 4.98 Å². The Hall–Kier alpha value is -2.63. The Kier molecular flexibility index (Phi) is 4.72. The molecule has 0 unspecified atom stereocenters. The van der Waals surface area contributed by atoms with Gasteiger partial charge in [0.15, 0.2) is 5.76 Å². The van der Waals surface area contributed by atoms with Crippen LogP contribution in [0.25, 0.3) is 22.2 Å². The third-order valence-corrected chi connectivity index (χ3v) is 5.70. The molecule has 0 saturated heterocycles. The Morgan fingerprint density at radius 3 is 2.78 bits per heavy atom. The van der Waals surface area contributed by atoms with Crippen molar-refractivity contribution < 1.29 is 9.21 Å². The zero-order valence-electron chi connectivity index (χ0n) is 14.9. The predicted octanol–water partition coefficient (Wildman–Crippen LogP) is 5.76. The number of aryl methyl sites for hydroxylation is 2. The van der Waals surface area contributed by atoms with Crippen LogP contribution in [0.4, 0.5) is 0 Å². The monoisotopic (exact) mass is 396 g/mol. The number of halogens is 1. The molecule has 4 aromatic rings. The predicted molar refractivity (Wildman–Crippen MR) is 109 cm³/mol. The molecule has 1 amide bonds. The van der Waals surface area contributed by atoms with Crippen LogP contribution >= 0.6 is 22.9 Å². The maximum absolute atomic E-state index is 12.6. The third kappa shape index (κ3) is 3.48. The lowest BCUT2D eigenvalue weighted by atomic mass is 10.1. The number of benzene rings is 2. The van der Waals surface area contributed by atoms with Crippen LogP contribution in [0.3, 0.4) is 0 Å². The number of furan rings is 1. The molecule has 1 N–H and O–H groups in total. The van der Waals surface area contributed by atoms with Crippen molar-refractivity contribution in [1.29, 1.82) is 0 Å². The van der Waals surface area contributed by atoms with Crippen molar-refractivity contribution in [3.05, 3.63) is 74.8 Å². The van der Waals surface area contributed by atoms with Crippen LogP contribution in [0.2, 0.25) is 5.02 Å². The Morgan fingerprint density at radius 2 is 2.00 bits per heavy atom. The number of nitrogens with zero attached hydrogens (tertiary/aromatic N) is 1. The number of nitrogens with one attached hydrogen (secondary N) is 1. The van der Waals surface area contributed by atoms with E-state index >= 15 is 0 Å². The van der Waals surface area contributed by atoms with Crippen LogP contribution in [-0.4, -0.2) is 10.9 Å². The Labute approximate surface area is 165 Å². The second-order valence-corrected chi connectivity index (χ2v) is 7.68. The molecule has 0 spiro atoms. The maximum Gasteiger partial charge on any atom is 0.287 e. The first-order valence-electron chi connectivity index (χ1n) is 8.50. The molecule has 0 bridgehead atoms. The van der Waals surface area contributed by atoms with Crippen LogP contribution in [0.15, 0.2) is 52.3 Å². The van der Waals surface area contributed by atoms with Crippen LogP contribution < -0.4 is 5.32 Å². The molecule has 0 aliphatic heterocycles. The minimum Gasteiger partial charge on any atom is -0.451 e. The quantitative estimate of drug-likeness (QED) is 0.477. The van der Waals surface area contributed by atoms with Crippen molar-refractivity contribution in [3.63, 3.8) is 0 Å². The van der Waals surface area contributed by atoms with E-state index in [1.807, 2.05) is 61.7 Å². The molecule has 0 radical (unpaired) electrons. The Morgan fingerprint density at radius 1 is 1.22 bits per heavy atom. The SMILES string of the molecule is Cc1cc2oc(C(=O)NCc3nc(-c4ccccc4)cs3)c(C)c2cc1Cl. The number of rotatable bonds is 4. The maximum atomic E-state index is 12.6. The summed E-state index contributed by atoms with van der Waals surface area (Å²) in [4.78, 5) is 17.2. The van der Waals surface area contributed by atoms with Crippen LogP contribution in [0.1, 0.15) is 26.7 Å². The van der Waals surface area contributed by atoms with Crippen molar-refractivity contribution >= 4 is 39.8 Å². The molecule has 0 fully saturated rings. The number of aromatic nitrogens is 1. The van der Waals surface area contributed by atoms with E-state index in [4.69, 9.17) is 16.0 Å². The molecule has 0 aliphatic carbocycles. The van der Waals surface area contributed by atoms with Crippen molar-refractivity contribution in [2.45, 2.75) is 20.4 Å². The van der Waals surface area contributed by atoms with Crippen molar-refractivity contribution in [1.82, 2.24) is 10.3 Å². The van der Waals surface area contributed by atoms with E-state index in [1.165, 1.54) is 11.3 Å². The highest BCUT2D eigenvalue weighted by atomic mass is 35.5. The smallest absolute Gasteiger partial charge is 0.287 e. The fourth-order valence-corrected chi connectivity index (χ4v) is 3.83. The number of carbonyl (C=O) groups is 1. The van der Waals surface area contributed by atoms with Crippen LogP contribution in [-0.2, 0) is 6.54 Å². The summed E-state index contributed by atoms with van der Waals surface area (Å²) in [5.41, 5.74) is 4.34. The van der Waals surface area contributed by atoms with E-state index < -0.39 is 0 Å². The normalized spacial score (nSPS) is 11.1. The fourth-order valence-electron chi connectivity index (χ4n) is 2.93. The van der Waals surface area contributed by atoms with E-state index in [0.29, 0.717) is 22.9 Å². The first-order valence-corrected chi connectivity index (χ1v) is 9.76. The summed E-state index contributed by atoms with van der Waals surface area (Å²) in [7, 11) is 0. The van der Waals surface area contributed by atoms with Gasteiger partial charge in [-0.3, -0.25) is 4.79 Å². The summed E-state index contributed by atoms with van der Waals surface area (Å²) in [5, 5.41) is 7.25. The van der Waals surface area contributed by atoms with E-state index in [0.717, 1.165) is 32.8 Å². The lowest BCUT2D eigenvalue weighted by Crippen LogP contribution is -2.22. The van der Waals surface area contributed by atoms with Gasteiger partial charge in [0.1, 0.15) is 10.6 Å². The molecule has 2 heterocycles. The molecule has 4 nitrogen and oxygen atoms in total. The van der Waals surface area contributed by atoms with Gasteiger partial charge < -0.3 is 9.73 Å². The summed E-state index contributed by atoms with van der Waals surface area (Å²) in [5.74, 6) is 0.0560. The summed E-state index contributed by atoms with van der Waals surface area (Å²) >= 11 is 7.71. The molecule has 0 atom stereocenters. The van der Waals surface area contributed by atoms with E-state index in [9.17, 15) is 4.79 Å². The molecule has 4 rings (SSSR count). The fraction of sp³-hybridized carbons (Fsp3) is 0.143.